The highest BCUT2D eigenvalue weighted by molar-refractivity contribution is 5.80. The molecule has 0 bridgehead atoms. The Kier molecular flexibility index (Phi) is 6.29. The van der Waals surface area contributed by atoms with E-state index in [1.165, 1.54) is 13.2 Å². The van der Waals surface area contributed by atoms with Gasteiger partial charge in [0, 0.05) is 30.7 Å². The standard InChI is InChI=1S/C23H24N2O6/c1-29-21(27)13-18(15-4-5-19-16(11-15)3-2-6-24-19)23-22(28)20(26)12-17(31-23)14-25-7-9-30-10-8-25/h2-6,11-12,18,28H,7-10,13-14H2,1H3/t18-/m1/s1. The van der Waals surface area contributed by atoms with E-state index in [4.69, 9.17) is 13.9 Å². The highest BCUT2D eigenvalue weighted by Crippen LogP contribution is 2.34. The molecule has 0 spiro atoms. The maximum atomic E-state index is 12.5. The predicted molar refractivity (Wildman–Crippen MR) is 113 cm³/mol. The summed E-state index contributed by atoms with van der Waals surface area (Å²) in [6.45, 7) is 3.10. The Morgan fingerprint density at radius 1 is 1.26 bits per heavy atom. The number of aromatic nitrogens is 1. The third-order valence-electron chi connectivity index (χ3n) is 5.43. The van der Waals surface area contributed by atoms with Gasteiger partial charge < -0.3 is 19.0 Å². The number of benzene rings is 1. The number of carbonyl (C=O) groups is 1. The quantitative estimate of drug-likeness (QED) is 0.602. The average molecular weight is 424 g/mol. The van der Waals surface area contributed by atoms with Gasteiger partial charge in [-0.15, -0.1) is 0 Å². The first-order valence-corrected chi connectivity index (χ1v) is 10.1. The third-order valence-corrected chi connectivity index (χ3v) is 5.43. The first kappa shape index (κ1) is 21.0. The van der Waals surface area contributed by atoms with E-state index < -0.39 is 23.1 Å². The van der Waals surface area contributed by atoms with Gasteiger partial charge in [-0.1, -0.05) is 12.1 Å². The molecular formula is C23H24N2O6. The minimum absolute atomic E-state index is 0.0596. The number of methoxy groups -OCH3 is 1. The monoisotopic (exact) mass is 424 g/mol. The van der Waals surface area contributed by atoms with Crippen LogP contribution in [-0.4, -0.2) is 54.4 Å². The number of hydrogen-bond donors (Lipinski definition) is 1. The minimum atomic E-state index is -0.686. The van der Waals surface area contributed by atoms with Crippen molar-refractivity contribution >= 4 is 16.9 Å². The number of pyridine rings is 1. The third kappa shape index (κ3) is 4.76. The molecule has 1 N–H and O–H groups in total. The number of nitrogens with zero attached hydrogens (tertiary/aromatic N) is 2. The van der Waals surface area contributed by atoms with Crippen LogP contribution < -0.4 is 5.43 Å². The Bertz CT molecular complexity index is 1140. The lowest BCUT2D eigenvalue weighted by Gasteiger charge is -2.26. The second-order valence-electron chi connectivity index (χ2n) is 7.47. The molecule has 31 heavy (non-hydrogen) atoms. The van der Waals surface area contributed by atoms with Crippen LogP contribution in [0.3, 0.4) is 0 Å². The molecule has 1 atom stereocenters. The van der Waals surface area contributed by atoms with Crippen molar-refractivity contribution in [2.45, 2.75) is 18.9 Å². The highest BCUT2D eigenvalue weighted by Gasteiger charge is 2.27. The zero-order valence-electron chi connectivity index (χ0n) is 17.2. The fourth-order valence-electron chi connectivity index (χ4n) is 3.77. The molecule has 3 aromatic rings. The lowest BCUT2D eigenvalue weighted by molar-refractivity contribution is -0.140. The zero-order valence-corrected chi connectivity index (χ0v) is 17.2. The summed E-state index contributed by atoms with van der Waals surface area (Å²) in [5.41, 5.74) is 0.976. The molecule has 4 rings (SSSR count). The van der Waals surface area contributed by atoms with E-state index in [0.717, 1.165) is 24.0 Å². The van der Waals surface area contributed by atoms with Crippen LogP contribution in [0.25, 0.3) is 10.9 Å². The van der Waals surface area contributed by atoms with Gasteiger partial charge in [0.25, 0.3) is 0 Å². The number of carbonyl (C=O) groups excluding carboxylic acids is 1. The van der Waals surface area contributed by atoms with E-state index >= 15 is 0 Å². The topological polar surface area (TPSA) is 102 Å². The molecule has 0 radical (unpaired) electrons. The van der Waals surface area contributed by atoms with Gasteiger partial charge in [-0.2, -0.15) is 0 Å². The molecule has 162 valence electrons. The zero-order chi connectivity index (χ0) is 21.8. The van der Waals surface area contributed by atoms with Crippen molar-refractivity contribution in [1.29, 1.82) is 0 Å². The number of fused-ring (bicyclic) bond motifs is 1. The Hall–Kier alpha value is -3.23. The van der Waals surface area contributed by atoms with E-state index in [1.54, 1.807) is 6.20 Å². The van der Waals surface area contributed by atoms with Crippen molar-refractivity contribution < 1.29 is 23.8 Å². The van der Waals surface area contributed by atoms with E-state index in [0.29, 0.717) is 31.1 Å². The highest BCUT2D eigenvalue weighted by atomic mass is 16.5. The van der Waals surface area contributed by atoms with E-state index in [2.05, 4.69) is 9.88 Å². The SMILES string of the molecule is COC(=O)C[C@H](c1ccc2ncccc2c1)c1oc(CN2CCOCC2)cc(=O)c1O. The smallest absolute Gasteiger partial charge is 0.306 e. The van der Waals surface area contributed by atoms with Gasteiger partial charge in [0.15, 0.2) is 5.76 Å². The number of aromatic hydroxyl groups is 1. The fourth-order valence-corrected chi connectivity index (χ4v) is 3.77. The van der Waals surface area contributed by atoms with Crippen LogP contribution in [-0.2, 0) is 20.8 Å². The summed E-state index contributed by atoms with van der Waals surface area (Å²) < 4.78 is 16.2. The molecule has 0 unspecified atom stereocenters. The first-order valence-electron chi connectivity index (χ1n) is 10.1. The summed E-state index contributed by atoms with van der Waals surface area (Å²) in [6.07, 6.45) is 1.62. The Morgan fingerprint density at radius 3 is 2.84 bits per heavy atom. The summed E-state index contributed by atoms with van der Waals surface area (Å²) in [5.74, 6) is -1.17. The Labute approximate surface area is 179 Å². The molecule has 2 aromatic heterocycles. The van der Waals surface area contributed by atoms with Gasteiger partial charge in [0.2, 0.25) is 11.2 Å². The fraction of sp³-hybridized carbons (Fsp3) is 0.348. The second kappa shape index (κ2) is 9.28. The van der Waals surface area contributed by atoms with E-state index in [1.807, 2.05) is 30.3 Å². The average Bonchev–Trinajstić information content (AvgIpc) is 2.80. The molecule has 1 aromatic carbocycles. The lowest BCUT2D eigenvalue weighted by atomic mass is 9.91. The molecule has 1 aliphatic rings. The maximum absolute atomic E-state index is 12.5. The molecule has 1 saturated heterocycles. The second-order valence-corrected chi connectivity index (χ2v) is 7.47. The first-order chi connectivity index (χ1) is 15.0. The summed E-state index contributed by atoms with van der Waals surface area (Å²) in [4.78, 5) is 31.1. The molecule has 3 heterocycles. The van der Waals surface area contributed by atoms with Crippen LogP contribution >= 0.6 is 0 Å². The Balaban J connectivity index is 1.76. The van der Waals surface area contributed by atoms with Gasteiger partial charge in [0.1, 0.15) is 5.76 Å². The van der Waals surface area contributed by atoms with Crippen molar-refractivity contribution in [3.8, 4) is 5.75 Å². The van der Waals surface area contributed by atoms with Gasteiger partial charge in [-0.05, 0) is 23.8 Å². The molecule has 0 amide bonds. The summed E-state index contributed by atoms with van der Waals surface area (Å²) in [5, 5.41) is 11.4. The number of morpholine rings is 1. The maximum Gasteiger partial charge on any atom is 0.306 e. The molecule has 1 aliphatic heterocycles. The van der Waals surface area contributed by atoms with Crippen molar-refractivity contribution in [2.75, 3.05) is 33.4 Å². The molecule has 8 nitrogen and oxygen atoms in total. The van der Waals surface area contributed by atoms with Gasteiger partial charge in [0.05, 0.1) is 44.7 Å². The summed E-state index contributed by atoms with van der Waals surface area (Å²) >= 11 is 0. The largest absolute Gasteiger partial charge is 0.502 e. The Morgan fingerprint density at radius 2 is 2.06 bits per heavy atom. The van der Waals surface area contributed by atoms with Crippen molar-refractivity contribution in [1.82, 2.24) is 9.88 Å². The van der Waals surface area contributed by atoms with Gasteiger partial charge >= 0.3 is 5.97 Å². The van der Waals surface area contributed by atoms with Crippen LogP contribution in [0.1, 0.15) is 29.4 Å². The summed E-state index contributed by atoms with van der Waals surface area (Å²) in [7, 11) is 1.30. The van der Waals surface area contributed by atoms with E-state index in [9.17, 15) is 14.7 Å². The summed E-state index contributed by atoms with van der Waals surface area (Å²) in [6, 6.07) is 10.6. The predicted octanol–water partition coefficient (Wildman–Crippen LogP) is 2.42. The number of esters is 1. The molecule has 1 fully saturated rings. The number of hydrogen-bond acceptors (Lipinski definition) is 8. The van der Waals surface area contributed by atoms with Crippen molar-refractivity contribution in [3.05, 3.63) is 69.9 Å². The van der Waals surface area contributed by atoms with E-state index in [-0.39, 0.29) is 12.2 Å². The molecule has 0 aliphatic carbocycles. The molecule has 0 saturated carbocycles. The van der Waals surface area contributed by atoms with Crippen LogP contribution in [0.4, 0.5) is 0 Å². The van der Waals surface area contributed by atoms with Gasteiger partial charge in [-0.3, -0.25) is 19.5 Å². The van der Waals surface area contributed by atoms with Crippen molar-refractivity contribution in [2.24, 2.45) is 0 Å². The number of rotatable bonds is 6. The van der Waals surface area contributed by atoms with Crippen LogP contribution in [0.2, 0.25) is 0 Å². The van der Waals surface area contributed by atoms with Crippen molar-refractivity contribution in [3.63, 3.8) is 0 Å². The van der Waals surface area contributed by atoms with Gasteiger partial charge in [-0.25, -0.2) is 0 Å². The van der Waals surface area contributed by atoms with Crippen LogP contribution in [0.5, 0.6) is 5.75 Å². The molecule has 8 heteroatoms. The number of ether oxygens (including phenoxy) is 2. The van der Waals surface area contributed by atoms with Crippen LogP contribution in [0.15, 0.2) is 51.8 Å². The normalized spacial score (nSPS) is 15.6. The lowest BCUT2D eigenvalue weighted by Crippen LogP contribution is -2.35. The molecular weight excluding hydrogens is 400 g/mol. The minimum Gasteiger partial charge on any atom is -0.502 e. The van der Waals surface area contributed by atoms with Crippen LogP contribution in [0, 0.1) is 0 Å².